The Bertz CT molecular complexity index is 516. The third kappa shape index (κ3) is 3.72. The van der Waals surface area contributed by atoms with E-state index in [2.05, 4.69) is 11.4 Å². The van der Waals surface area contributed by atoms with Crippen LogP contribution in [0.2, 0.25) is 0 Å². The first kappa shape index (κ1) is 14.4. The van der Waals surface area contributed by atoms with Gasteiger partial charge in [0.25, 0.3) is 0 Å². The Hall–Kier alpha value is -2.06. The van der Waals surface area contributed by atoms with Crippen molar-refractivity contribution >= 4 is 11.6 Å². The summed E-state index contributed by atoms with van der Waals surface area (Å²) in [5, 5.41) is 12.1. The van der Waals surface area contributed by atoms with Crippen molar-refractivity contribution in [1.82, 2.24) is 4.90 Å². The maximum atomic E-state index is 11.9. The maximum absolute atomic E-state index is 11.9. The van der Waals surface area contributed by atoms with Crippen molar-refractivity contribution in [3.05, 3.63) is 29.3 Å². The van der Waals surface area contributed by atoms with Crippen LogP contribution in [-0.2, 0) is 9.53 Å². The summed E-state index contributed by atoms with van der Waals surface area (Å²) in [6, 6.07) is 7.73. The van der Waals surface area contributed by atoms with Crippen LogP contribution in [0, 0.1) is 18.3 Å². The fraction of sp³-hybridized carbons (Fsp3) is 0.467. The molecule has 1 heterocycles. The number of anilines is 1. The number of hydrogen-bond acceptors (Lipinski definition) is 4. The summed E-state index contributed by atoms with van der Waals surface area (Å²) in [7, 11) is 0. The van der Waals surface area contributed by atoms with E-state index in [0.717, 1.165) is 11.3 Å². The lowest BCUT2D eigenvalue weighted by Gasteiger charge is -2.26. The first-order valence-corrected chi connectivity index (χ1v) is 6.81. The fourth-order valence-electron chi connectivity index (χ4n) is 2.18. The van der Waals surface area contributed by atoms with Crippen molar-refractivity contribution in [2.24, 2.45) is 0 Å². The van der Waals surface area contributed by atoms with Gasteiger partial charge < -0.3 is 15.0 Å². The predicted octanol–water partition coefficient (Wildman–Crippen LogP) is 1.53. The number of amides is 1. The van der Waals surface area contributed by atoms with Gasteiger partial charge in [-0.3, -0.25) is 4.79 Å². The molecule has 1 saturated heterocycles. The Balaban J connectivity index is 1.79. The Morgan fingerprint density at radius 2 is 2.20 bits per heavy atom. The number of ether oxygens (including phenoxy) is 1. The molecule has 0 unspecified atom stereocenters. The molecule has 1 aromatic carbocycles. The molecule has 0 aliphatic carbocycles. The number of nitriles is 1. The molecule has 0 saturated carbocycles. The zero-order valence-corrected chi connectivity index (χ0v) is 11.7. The summed E-state index contributed by atoms with van der Waals surface area (Å²) in [6.45, 7) is 5.15. The molecule has 1 amide bonds. The number of nitrogens with one attached hydrogen (secondary N) is 1. The molecule has 2 rings (SSSR count). The number of carbonyl (C=O) groups is 1. The average molecular weight is 273 g/mol. The van der Waals surface area contributed by atoms with Gasteiger partial charge in [-0.1, -0.05) is 0 Å². The molecule has 0 spiro atoms. The van der Waals surface area contributed by atoms with Crippen LogP contribution < -0.4 is 5.32 Å². The highest BCUT2D eigenvalue weighted by Crippen LogP contribution is 2.14. The summed E-state index contributed by atoms with van der Waals surface area (Å²) >= 11 is 0. The van der Waals surface area contributed by atoms with Gasteiger partial charge in [-0.2, -0.15) is 5.26 Å². The Labute approximate surface area is 119 Å². The van der Waals surface area contributed by atoms with Gasteiger partial charge in [0, 0.05) is 31.7 Å². The van der Waals surface area contributed by atoms with Crippen molar-refractivity contribution in [2.45, 2.75) is 13.3 Å². The molecular formula is C15H19N3O2. The molecule has 5 heteroatoms. The highest BCUT2D eigenvalue weighted by molar-refractivity contribution is 5.76. The van der Waals surface area contributed by atoms with Gasteiger partial charge in [-0.05, 0) is 30.7 Å². The summed E-state index contributed by atoms with van der Waals surface area (Å²) in [6.07, 6.45) is 0.471. The van der Waals surface area contributed by atoms with Crippen LogP contribution in [0.3, 0.4) is 0 Å². The smallest absolute Gasteiger partial charge is 0.224 e. The third-order valence-electron chi connectivity index (χ3n) is 3.38. The van der Waals surface area contributed by atoms with E-state index < -0.39 is 0 Å². The van der Waals surface area contributed by atoms with Crippen LogP contribution in [0.4, 0.5) is 5.69 Å². The molecule has 20 heavy (non-hydrogen) atoms. The molecule has 1 aliphatic heterocycles. The van der Waals surface area contributed by atoms with Crippen molar-refractivity contribution in [1.29, 1.82) is 5.26 Å². The zero-order chi connectivity index (χ0) is 14.4. The van der Waals surface area contributed by atoms with Gasteiger partial charge in [0.2, 0.25) is 5.91 Å². The maximum Gasteiger partial charge on any atom is 0.224 e. The third-order valence-corrected chi connectivity index (χ3v) is 3.38. The molecule has 1 N–H and O–H groups in total. The number of nitrogens with zero attached hydrogens (tertiary/aromatic N) is 2. The van der Waals surface area contributed by atoms with E-state index in [9.17, 15) is 4.79 Å². The molecule has 1 fully saturated rings. The second-order valence-electron chi connectivity index (χ2n) is 4.81. The van der Waals surface area contributed by atoms with E-state index >= 15 is 0 Å². The molecule has 0 aromatic heterocycles. The van der Waals surface area contributed by atoms with Gasteiger partial charge in [0.15, 0.2) is 0 Å². The van der Waals surface area contributed by atoms with E-state index in [0.29, 0.717) is 44.8 Å². The van der Waals surface area contributed by atoms with E-state index in [4.69, 9.17) is 10.00 Å². The monoisotopic (exact) mass is 273 g/mol. The molecule has 0 radical (unpaired) electrons. The van der Waals surface area contributed by atoms with Crippen LogP contribution in [0.1, 0.15) is 17.5 Å². The van der Waals surface area contributed by atoms with Crippen LogP contribution in [0.25, 0.3) is 0 Å². The quantitative estimate of drug-likeness (QED) is 0.903. The number of rotatable bonds is 4. The van der Waals surface area contributed by atoms with Gasteiger partial charge in [-0.25, -0.2) is 0 Å². The fourth-order valence-corrected chi connectivity index (χ4v) is 2.18. The summed E-state index contributed by atoms with van der Waals surface area (Å²) < 4.78 is 5.22. The van der Waals surface area contributed by atoms with Gasteiger partial charge in [0.1, 0.15) is 0 Å². The van der Waals surface area contributed by atoms with Gasteiger partial charge >= 0.3 is 0 Å². The SMILES string of the molecule is Cc1cc(NCCC(=O)N2CCOCC2)ccc1C#N. The van der Waals surface area contributed by atoms with Crippen LogP contribution >= 0.6 is 0 Å². The largest absolute Gasteiger partial charge is 0.385 e. The highest BCUT2D eigenvalue weighted by Gasteiger charge is 2.15. The first-order valence-electron chi connectivity index (χ1n) is 6.81. The average Bonchev–Trinajstić information content (AvgIpc) is 2.48. The molecule has 1 aliphatic rings. The lowest BCUT2D eigenvalue weighted by molar-refractivity contribution is -0.134. The molecule has 5 nitrogen and oxygen atoms in total. The van der Waals surface area contributed by atoms with E-state index in [1.807, 2.05) is 24.0 Å². The van der Waals surface area contributed by atoms with Gasteiger partial charge in [0.05, 0.1) is 24.8 Å². The van der Waals surface area contributed by atoms with E-state index in [1.165, 1.54) is 0 Å². The van der Waals surface area contributed by atoms with Crippen molar-refractivity contribution in [3.63, 3.8) is 0 Å². The lowest BCUT2D eigenvalue weighted by Crippen LogP contribution is -2.41. The molecular weight excluding hydrogens is 254 g/mol. The minimum Gasteiger partial charge on any atom is -0.385 e. The second kappa shape index (κ2) is 6.92. The Morgan fingerprint density at radius 1 is 1.45 bits per heavy atom. The van der Waals surface area contributed by atoms with E-state index in [1.54, 1.807) is 6.07 Å². The minimum absolute atomic E-state index is 0.158. The van der Waals surface area contributed by atoms with E-state index in [-0.39, 0.29) is 5.91 Å². The van der Waals surface area contributed by atoms with Crippen molar-refractivity contribution in [3.8, 4) is 6.07 Å². The minimum atomic E-state index is 0.158. The summed E-state index contributed by atoms with van der Waals surface area (Å²) in [4.78, 5) is 13.8. The Morgan fingerprint density at radius 3 is 2.85 bits per heavy atom. The van der Waals surface area contributed by atoms with Crippen molar-refractivity contribution < 1.29 is 9.53 Å². The number of hydrogen-bond donors (Lipinski definition) is 1. The molecule has 0 bridgehead atoms. The molecule has 1 aromatic rings. The standard InChI is InChI=1S/C15H19N3O2/c1-12-10-14(3-2-13(12)11-16)17-5-4-15(19)18-6-8-20-9-7-18/h2-3,10,17H,4-9H2,1H3. The zero-order valence-electron chi connectivity index (χ0n) is 11.7. The summed E-state index contributed by atoms with van der Waals surface area (Å²) in [5.41, 5.74) is 2.56. The number of benzene rings is 1. The topological polar surface area (TPSA) is 65.4 Å². The number of morpholine rings is 1. The number of carbonyl (C=O) groups excluding carboxylic acids is 1. The van der Waals surface area contributed by atoms with Crippen molar-refractivity contribution in [2.75, 3.05) is 38.2 Å². The predicted molar refractivity (Wildman–Crippen MR) is 76.4 cm³/mol. The Kier molecular flexibility index (Phi) is 4.97. The summed E-state index contributed by atoms with van der Waals surface area (Å²) in [5.74, 6) is 0.158. The molecule has 0 atom stereocenters. The van der Waals surface area contributed by atoms with Gasteiger partial charge in [-0.15, -0.1) is 0 Å². The highest BCUT2D eigenvalue weighted by atomic mass is 16.5. The van der Waals surface area contributed by atoms with Crippen LogP contribution in [-0.4, -0.2) is 43.7 Å². The second-order valence-corrected chi connectivity index (χ2v) is 4.81. The van der Waals surface area contributed by atoms with Crippen LogP contribution in [0.15, 0.2) is 18.2 Å². The first-order chi connectivity index (χ1) is 9.70. The normalized spacial score (nSPS) is 14.7. The number of aryl methyl sites for hydroxylation is 1. The van der Waals surface area contributed by atoms with Crippen LogP contribution in [0.5, 0.6) is 0 Å². The molecule has 106 valence electrons. The lowest BCUT2D eigenvalue weighted by atomic mass is 10.1.